The second-order valence-electron chi connectivity index (χ2n) is 3.78. The van der Waals surface area contributed by atoms with Crippen LogP contribution in [0.1, 0.15) is 18.3 Å². The van der Waals surface area contributed by atoms with Crippen LogP contribution in [0.5, 0.6) is 0 Å². The van der Waals surface area contributed by atoms with Crippen molar-refractivity contribution in [3.63, 3.8) is 0 Å². The Morgan fingerprint density at radius 3 is 2.93 bits per heavy atom. The quantitative estimate of drug-likeness (QED) is 0.741. The van der Waals surface area contributed by atoms with Crippen molar-refractivity contribution < 1.29 is 4.79 Å². The number of aromatic nitrogens is 3. The van der Waals surface area contributed by atoms with Gasteiger partial charge in [-0.15, -0.1) is 0 Å². The summed E-state index contributed by atoms with van der Waals surface area (Å²) in [5, 5.41) is 0. The molecule has 0 amide bonds. The van der Waals surface area contributed by atoms with E-state index >= 15 is 0 Å². The number of nitrogens with zero attached hydrogens (tertiary/aromatic N) is 3. The Labute approximate surface area is 88.0 Å². The molecule has 0 aliphatic carbocycles. The molecule has 15 heavy (non-hydrogen) atoms. The van der Waals surface area contributed by atoms with Crippen molar-refractivity contribution in [2.45, 2.75) is 20.3 Å². The number of imidazole rings is 1. The van der Waals surface area contributed by atoms with E-state index in [0.29, 0.717) is 6.42 Å². The van der Waals surface area contributed by atoms with Gasteiger partial charge < -0.3 is 4.57 Å². The van der Waals surface area contributed by atoms with Gasteiger partial charge in [-0.25, -0.2) is 9.97 Å². The molecule has 4 nitrogen and oxygen atoms in total. The largest absolute Gasteiger partial charge is 0.316 e. The van der Waals surface area contributed by atoms with Crippen LogP contribution in [0, 0.1) is 6.92 Å². The average Bonchev–Trinajstić information content (AvgIpc) is 2.41. The molecule has 2 heterocycles. The normalized spacial score (nSPS) is 10.9. The van der Waals surface area contributed by atoms with Crippen LogP contribution in [0.3, 0.4) is 0 Å². The zero-order valence-corrected chi connectivity index (χ0v) is 9.11. The van der Waals surface area contributed by atoms with Gasteiger partial charge in [0.05, 0.1) is 0 Å². The van der Waals surface area contributed by atoms with E-state index in [0.717, 1.165) is 22.6 Å². The minimum absolute atomic E-state index is 0.142. The summed E-state index contributed by atoms with van der Waals surface area (Å²) in [5.74, 6) is 1.07. The first-order valence-electron chi connectivity index (χ1n) is 4.85. The van der Waals surface area contributed by atoms with E-state index in [1.165, 1.54) is 0 Å². The van der Waals surface area contributed by atoms with E-state index in [1.807, 2.05) is 24.6 Å². The molecule has 0 saturated heterocycles. The fourth-order valence-corrected chi connectivity index (χ4v) is 1.62. The summed E-state index contributed by atoms with van der Waals surface area (Å²) in [6, 6.07) is 1.93. The number of carbonyl (C=O) groups excluding carboxylic acids is 1. The predicted molar refractivity (Wildman–Crippen MR) is 57.6 cm³/mol. The zero-order chi connectivity index (χ0) is 11.0. The maximum absolute atomic E-state index is 11.0. The van der Waals surface area contributed by atoms with Gasteiger partial charge in [0.1, 0.15) is 17.1 Å². The highest BCUT2D eigenvalue weighted by Gasteiger charge is 2.06. The van der Waals surface area contributed by atoms with Crippen molar-refractivity contribution in [3.8, 4) is 0 Å². The Hall–Kier alpha value is -1.71. The molecule has 0 radical (unpaired) electrons. The lowest BCUT2D eigenvalue weighted by atomic mass is 10.1. The van der Waals surface area contributed by atoms with Crippen molar-refractivity contribution in [2.24, 2.45) is 7.05 Å². The van der Waals surface area contributed by atoms with Gasteiger partial charge in [-0.3, -0.25) is 4.79 Å². The minimum atomic E-state index is 0.142. The predicted octanol–water partition coefficient (Wildman–Crippen LogP) is 1.41. The SMILES string of the molecule is CC(=O)Cc1cnc2c(c1)nc(C)n2C. The van der Waals surface area contributed by atoms with E-state index in [1.54, 1.807) is 13.1 Å². The molecule has 0 aliphatic heterocycles. The van der Waals surface area contributed by atoms with Crippen molar-refractivity contribution in [1.82, 2.24) is 14.5 Å². The molecule has 2 rings (SSSR count). The number of hydrogen-bond donors (Lipinski definition) is 0. The molecule has 0 spiro atoms. The molecular formula is C11H13N3O. The third kappa shape index (κ3) is 1.75. The summed E-state index contributed by atoms with van der Waals surface area (Å²) < 4.78 is 1.94. The Kier molecular flexibility index (Phi) is 2.26. The summed E-state index contributed by atoms with van der Waals surface area (Å²) >= 11 is 0. The van der Waals surface area contributed by atoms with E-state index in [-0.39, 0.29) is 5.78 Å². The standard InChI is InChI=1S/C11H13N3O/c1-7(15)4-9-5-10-11(12-6-9)14(3)8(2)13-10/h5-6H,4H2,1-3H3. The van der Waals surface area contributed by atoms with Crippen molar-refractivity contribution >= 4 is 16.9 Å². The molecule has 2 aromatic rings. The smallest absolute Gasteiger partial charge is 0.159 e. The summed E-state index contributed by atoms with van der Waals surface area (Å²) in [6.07, 6.45) is 2.17. The van der Waals surface area contributed by atoms with Crippen LogP contribution >= 0.6 is 0 Å². The summed E-state index contributed by atoms with van der Waals surface area (Å²) in [4.78, 5) is 19.6. The molecule has 0 aliphatic rings. The highest BCUT2D eigenvalue weighted by molar-refractivity contribution is 5.80. The van der Waals surface area contributed by atoms with Crippen LogP contribution in [0.4, 0.5) is 0 Å². The fraction of sp³-hybridized carbons (Fsp3) is 0.364. The number of Topliss-reactive ketones (excluding diaryl/α,β-unsaturated/α-hetero) is 1. The monoisotopic (exact) mass is 203 g/mol. The topological polar surface area (TPSA) is 47.8 Å². The van der Waals surface area contributed by atoms with Gasteiger partial charge in [0.25, 0.3) is 0 Å². The Bertz CT molecular complexity index is 528. The highest BCUT2D eigenvalue weighted by atomic mass is 16.1. The first kappa shape index (κ1) is 9.83. The minimum Gasteiger partial charge on any atom is -0.316 e. The van der Waals surface area contributed by atoms with Gasteiger partial charge in [0.2, 0.25) is 0 Å². The highest BCUT2D eigenvalue weighted by Crippen LogP contribution is 2.13. The molecular weight excluding hydrogens is 190 g/mol. The number of pyridine rings is 1. The number of ketones is 1. The molecule has 0 N–H and O–H groups in total. The third-order valence-corrected chi connectivity index (χ3v) is 2.44. The number of aryl methyl sites for hydroxylation is 2. The van der Waals surface area contributed by atoms with Crippen LogP contribution in [-0.2, 0) is 18.3 Å². The lowest BCUT2D eigenvalue weighted by Gasteiger charge is -1.98. The summed E-state index contributed by atoms with van der Waals surface area (Å²) in [6.45, 7) is 3.51. The molecule has 0 saturated carbocycles. The molecule has 0 bridgehead atoms. The molecule has 0 aromatic carbocycles. The van der Waals surface area contributed by atoms with E-state index in [9.17, 15) is 4.79 Å². The van der Waals surface area contributed by atoms with Gasteiger partial charge in [0.15, 0.2) is 5.65 Å². The van der Waals surface area contributed by atoms with Gasteiger partial charge in [0, 0.05) is 19.7 Å². The van der Waals surface area contributed by atoms with Gasteiger partial charge in [-0.2, -0.15) is 0 Å². The zero-order valence-electron chi connectivity index (χ0n) is 9.11. The molecule has 4 heteroatoms. The second-order valence-corrected chi connectivity index (χ2v) is 3.78. The molecule has 2 aromatic heterocycles. The maximum Gasteiger partial charge on any atom is 0.159 e. The number of hydrogen-bond acceptors (Lipinski definition) is 3. The molecule has 0 fully saturated rings. The van der Waals surface area contributed by atoms with Gasteiger partial charge in [-0.1, -0.05) is 0 Å². The summed E-state index contributed by atoms with van der Waals surface area (Å²) in [5.41, 5.74) is 2.64. The van der Waals surface area contributed by atoms with Crippen LogP contribution in [0.2, 0.25) is 0 Å². The van der Waals surface area contributed by atoms with Crippen LogP contribution in [0.25, 0.3) is 11.2 Å². The van der Waals surface area contributed by atoms with Crippen molar-refractivity contribution in [2.75, 3.05) is 0 Å². The first-order chi connectivity index (χ1) is 7.08. The average molecular weight is 203 g/mol. The molecule has 0 atom stereocenters. The summed E-state index contributed by atoms with van der Waals surface area (Å²) in [7, 11) is 1.93. The van der Waals surface area contributed by atoms with E-state index < -0.39 is 0 Å². The lowest BCUT2D eigenvalue weighted by Crippen LogP contribution is -1.97. The first-order valence-corrected chi connectivity index (χ1v) is 4.85. The number of fused-ring (bicyclic) bond motifs is 1. The number of carbonyl (C=O) groups is 1. The Morgan fingerprint density at radius 1 is 1.53 bits per heavy atom. The van der Waals surface area contributed by atoms with Crippen LogP contribution in [-0.4, -0.2) is 20.3 Å². The second kappa shape index (κ2) is 3.46. The van der Waals surface area contributed by atoms with Gasteiger partial charge >= 0.3 is 0 Å². The van der Waals surface area contributed by atoms with E-state index in [2.05, 4.69) is 9.97 Å². The third-order valence-electron chi connectivity index (χ3n) is 2.44. The van der Waals surface area contributed by atoms with Gasteiger partial charge in [-0.05, 0) is 25.5 Å². The van der Waals surface area contributed by atoms with Crippen LogP contribution in [0.15, 0.2) is 12.3 Å². The van der Waals surface area contributed by atoms with Crippen molar-refractivity contribution in [1.29, 1.82) is 0 Å². The van der Waals surface area contributed by atoms with E-state index in [4.69, 9.17) is 0 Å². The molecule has 0 unspecified atom stereocenters. The maximum atomic E-state index is 11.0. The van der Waals surface area contributed by atoms with Crippen LogP contribution < -0.4 is 0 Å². The Balaban J connectivity index is 2.52. The van der Waals surface area contributed by atoms with Crippen molar-refractivity contribution in [3.05, 3.63) is 23.7 Å². The number of rotatable bonds is 2. The lowest BCUT2D eigenvalue weighted by molar-refractivity contribution is -0.116. The molecule has 78 valence electrons. The Morgan fingerprint density at radius 2 is 2.27 bits per heavy atom. The fourth-order valence-electron chi connectivity index (χ4n) is 1.62.